The molecule has 0 radical (unpaired) electrons. The molecule has 2 aromatic heterocycles. The number of piperazine rings is 1. The summed E-state index contributed by atoms with van der Waals surface area (Å²) in [5.74, 6) is -0.000431. The summed E-state index contributed by atoms with van der Waals surface area (Å²) in [7, 11) is 0. The van der Waals surface area contributed by atoms with E-state index in [0.29, 0.717) is 17.8 Å². The number of hydrogen-bond donors (Lipinski definition) is 1. The molecule has 3 heterocycles. The average molecular weight is 375 g/mol. The number of nitrogens with zero attached hydrogens (tertiary/aromatic N) is 5. The Balaban J connectivity index is 1.31. The zero-order chi connectivity index (χ0) is 17.9. The van der Waals surface area contributed by atoms with Gasteiger partial charge in [0.1, 0.15) is 0 Å². The first-order chi connectivity index (χ1) is 12.7. The Morgan fingerprint density at radius 3 is 2.65 bits per heavy atom. The van der Waals surface area contributed by atoms with Crippen LogP contribution in [-0.2, 0) is 6.54 Å². The zero-order valence-electron chi connectivity index (χ0n) is 15.0. The molecule has 2 fully saturated rings. The van der Waals surface area contributed by atoms with Gasteiger partial charge in [0.05, 0.1) is 12.2 Å². The standard InChI is InChI=1S/C18H26N6OS/c19-14-3-5-15(6-4-14)24-13-17(20-21-24)18(25)23-9-7-22(8-10-23)12-16-2-1-11-26-16/h1-2,11,13-15H,3-10,12,19H2. The van der Waals surface area contributed by atoms with Crippen LogP contribution in [0, 0.1) is 0 Å². The maximum Gasteiger partial charge on any atom is 0.276 e. The number of carbonyl (C=O) groups excluding carboxylic acids is 1. The van der Waals surface area contributed by atoms with Gasteiger partial charge in [0.15, 0.2) is 5.69 Å². The van der Waals surface area contributed by atoms with Crippen molar-refractivity contribution in [3.05, 3.63) is 34.3 Å². The molecule has 8 heteroatoms. The van der Waals surface area contributed by atoms with E-state index in [-0.39, 0.29) is 5.91 Å². The van der Waals surface area contributed by atoms with E-state index in [4.69, 9.17) is 5.73 Å². The minimum Gasteiger partial charge on any atom is -0.335 e. The van der Waals surface area contributed by atoms with Crippen LogP contribution in [0.4, 0.5) is 0 Å². The first-order valence-corrected chi connectivity index (χ1v) is 10.3. The second-order valence-corrected chi connectivity index (χ2v) is 8.33. The van der Waals surface area contributed by atoms with E-state index in [0.717, 1.165) is 58.4 Å². The van der Waals surface area contributed by atoms with Crippen molar-refractivity contribution in [2.24, 2.45) is 5.73 Å². The molecular formula is C18H26N6OS. The highest BCUT2D eigenvalue weighted by Gasteiger charge is 2.26. The van der Waals surface area contributed by atoms with Gasteiger partial charge in [-0.15, -0.1) is 16.4 Å². The third-order valence-electron chi connectivity index (χ3n) is 5.46. The number of carbonyl (C=O) groups is 1. The van der Waals surface area contributed by atoms with Gasteiger partial charge in [-0.2, -0.15) is 0 Å². The fourth-order valence-electron chi connectivity index (χ4n) is 3.81. The molecule has 140 valence electrons. The summed E-state index contributed by atoms with van der Waals surface area (Å²) >= 11 is 1.79. The van der Waals surface area contributed by atoms with Crippen molar-refractivity contribution in [1.29, 1.82) is 0 Å². The van der Waals surface area contributed by atoms with E-state index in [1.807, 2.05) is 15.8 Å². The summed E-state index contributed by atoms with van der Waals surface area (Å²) in [5.41, 5.74) is 6.43. The number of aromatic nitrogens is 3. The van der Waals surface area contributed by atoms with E-state index in [1.165, 1.54) is 4.88 Å². The quantitative estimate of drug-likeness (QED) is 0.882. The highest BCUT2D eigenvalue weighted by molar-refractivity contribution is 7.09. The Hall–Kier alpha value is -1.77. The lowest BCUT2D eigenvalue weighted by molar-refractivity contribution is 0.0623. The minimum absolute atomic E-state index is 0.000431. The van der Waals surface area contributed by atoms with Crippen molar-refractivity contribution in [3.8, 4) is 0 Å². The topological polar surface area (TPSA) is 80.3 Å². The molecule has 4 rings (SSSR count). The normalized spacial score (nSPS) is 24.7. The van der Waals surface area contributed by atoms with Crippen molar-refractivity contribution < 1.29 is 4.79 Å². The van der Waals surface area contributed by atoms with Gasteiger partial charge in [-0.3, -0.25) is 9.69 Å². The molecule has 1 aliphatic carbocycles. The van der Waals surface area contributed by atoms with Crippen molar-refractivity contribution in [1.82, 2.24) is 24.8 Å². The van der Waals surface area contributed by atoms with Crippen LogP contribution in [0.15, 0.2) is 23.7 Å². The van der Waals surface area contributed by atoms with E-state index >= 15 is 0 Å². The second-order valence-electron chi connectivity index (χ2n) is 7.30. The molecule has 1 aliphatic heterocycles. The maximum atomic E-state index is 12.7. The van der Waals surface area contributed by atoms with Gasteiger partial charge in [-0.1, -0.05) is 11.3 Å². The molecule has 0 unspecified atom stereocenters. The number of amides is 1. The summed E-state index contributed by atoms with van der Waals surface area (Å²) in [5, 5.41) is 10.5. The number of rotatable bonds is 4. The Morgan fingerprint density at radius 2 is 1.96 bits per heavy atom. The van der Waals surface area contributed by atoms with E-state index in [1.54, 1.807) is 11.3 Å². The van der Waals surface area contributed by atoms with Crippen LogP contribution in [-0.4, -0.2) is 62.9 Å². The van der Waals surface area contributed by atoms with Gasteiger partial charge in [0.2, 0.25) is 0 Å². The van der Waals surface area contributed by atoms with Gasteiger partial charge >= 0.3 is 0 Å². The smallest absolute Gasteiger partial charge is 0.276 e. The Labute approximate surface area is 157 Å². The first-order valence-electron chi connectivity index (χ1n) is 9.40. The zero-order valence-corrected chi connectivity index (χ0v) is 15.8. The molecule has 0 aromatic carbocycles. The molecule has 1 amide bonds. The minimum atomic E-state index is -0.000431. The summed E-state index contributed by atoms with van der Waals surface area (Å²) < 4.78 is 1.87. The molecule has 1 saturated carbocycles. The third kappa shape index (κ3) is 3.97. The largest absolute Gasteiger partial charge is 0.335 e. The molecular weight excluding hydrogens is 348 g/mol. The van der Waals surface area contributed by atoms with Crippen LogP contribution in [0.1, 0.15) is 47.1 Å². The maximum absolute atomic E-state index is 12.7. The lowest BCUT2D eigenvalue weighted by Crippen LogP contribution is -2.48. The van der Waals surface area contributed by atoms with Crippen molar-refractivity contribution in [3.63, 3.8) is 0 Å². The SMILES string of the molecule is NC1CCC(n2cc(C(=O)N3CCN(Cc4cccs4)CC3)nn2)CC1. The van der Waals surface area contributed by atoms with Gasteiger partial charge in [-0.05, 0) is 37.1 Å². The lowest BCUT2D eigenvalue weighted by atomic mass is 9.92. The van der Waals surface area contributed by atoms with Gasteiger partial charge in [0, 0.05) is 43.6 Å². The average Bonchev–Trinajstić information content (AvgIpc) is 3.34. The predicted molar refractivity (Wildman–Crippen MR) is 101 cm³/mol. The molecule has 26 heavy (non-hydrogen) atoms. The van der Waals surface area contributed by atoms with Crippen LogP contribution in [0.2, 0.25) is 0 Å². The molecule has 2 aliphatic rings. The Morgan fingerprint density at radius 1 is 1.19 bits per heavy atom. The molecule has 1 saturated heterocycles. The molecule has 2 N–H and O–H groups in total. The van der Waals surface area contributed by atoms with Crippen LogP contribution >= 0.6 is 11.3 Å². The van der Waals surface area contributed by atoms with Crippen LogP contribution in [0.5, 0.6) is 0 Å². The van der Waals surface area contributed by atoms with Gasteiger partial charge < -0.3 is 10.6 Å². The fraction of sp³-hybridized carbons (Fsp3) is 0.611. The van der Waals surface area contributed by atoms with Crippen molar-refractivity contribution in [2.45, 2.75) is 44.3 Å². The number of nitrogens with two attached hydrogens (primary N) is 1. The van der Waals surface area contributed by atoms with Crippen LogP contribution in [0.3, 0.4) is 0 Å². The monoisotopic (exact) mass is 374 g/mol. The third-order valence-corrected chi connectivity index (χ3v) is 6.33. The number of thiophene rings is 1. The predicted octanol–water partition coefficient (Wildman–Crippen LogP) is 1.74. The highest BCUT2D eigenvalue weighted by atomic mass is 32.1. The van der Waals surface area contributed by atoms with E-state index in [2.05, 4.69) is 32.7 Å². The highest BCUT2D eigenvalue weighted by Crippen LogP contribution is 2.27. The second kappa shape index (κ2) is 7.85. The number of hydrogen-bond acceptors (Lipinski definition) is 6. The van der Waals surface area contributed by atoms with Crippen molar-refractivity contribution >= 4 is 17.2 Å². The summed E-state index contributed by atoms with van der Waals surface area (Å²) in [4.78, 5) is 18.4. The summed E-state index contributed by atoms with van der Waals surface area (Å²) in [6.07, 6.45) is 5.88. The van der Waals surface area contributed by atoms with Gasteiger partial charge in [0.25, 0.3) is 5.91 Å². The summed E-state index contributed by atoms with van der Waals surface area (Å²) in [6.45, 7) is 4.26. The molecule has 7 nitrogen and oxygen atoms in total. The Kier molecular flexibility index (Phi) is 5.33. The molecule has 0 atom stereocenters. The van der Waals surface area contributed by atoms with E-state index < -0.39 is 0 Å². The lowest BCUT2D eigenvalue weighted by Gasteiger charge is -2.34. The summed E-state index contributed by atoms with van der Waals surface area (Å²) in [6, 6.07) is 4.88. The molecule has 0 spiro atoms. The van der Waals surface area contributed by atoms with Crippen LogP contribution < -0.4 is 5.73 Å². The van der Waals surface area contributed by atoms with E-state index in [9.17, 15) is 4.79 Å². The molecule has 0 bridgehead atoms. The van der Waals surface area contributed by atoms with Crippen molar-refractivity contribution in [2.75, 3.05) is 26.2 Å². The van der Waals surface area contributed by atoms with Gasteiger partial charge in [-0.25, -0.2) is 4.68 Å². The fourth-order valence-corrected chi connectivity index (χ4v) is 4.56. The Bertz CT molecular complexity index is 714. The van der Waals surface area contributed by atoms with Crippen LogP contribution in [0.25, 0.3) is 0 Å². The molecule has 2 aromatic rings. The first kappa shape index (κ1) is 17.6.